The van der Waals surface area contributed by atoms with Gasteiger partial charge in [-0.1, -0.05) is 0 Å². The number of primary amides is 1. The fraction of sp³-hybridized carbons (Fsp3) is 0.538. The number of ether oxygens (including phenoxy) is 2. The normalized spacial score (nSPS) is 12.2. The summed E-state index contributed by atoms with van der Waals surface area (Å²) in [5, 5.41) is 0. The fourth-order valence-corrected chi connectivity index (χ4v) is 1.94. The first-order chi connectivity index (χ1) is 9.51. The number of carbonyl (C=O) groups is 1. The molecule has 7 nitrogen and oxygen atoms in total. The lowest BCUT2D eigenvalue weighted by Crippen LogP contribution is -2.40. The number of rotatable bonds is 8. The highest BCUT2D eigenvalue weighted by Gasteiger charge is 2.21. The number of hydrogen-bond acceptors (Lipinski definition) is 6. The van der Waals surface area contributed by atoms with E-state index in [1.165, 1.54) is 12.3 Å². The number of pyridine rings is 1. The molecule has 1 rings (SSSR count). The lowest BCUT2D eigenvalue weighted by atomic mass is 10.2. The van der Waals surface area contributed by atoms with Crippen LogP contribution in [0.25, 0.3) is 0 Å². The molecule has 0 aromatic carbocycles. The zero-order valence-corrected chi connectivity index (χ0v) is 12.1. The summed E-state index contributed by atoms with van der Waals surface area (Å²) in [4.78, 5) is 17.7. The first-order valence-corrected chi connectivity index (χ1v) is 6.31. The van der Waals surface area contributed by atoms with Crippen molar-refractivity contribution in [2.75, 3.05) is 44.6 Å². The predicted octanol–water partition coefficient (Wildman–Crippen LogP) is 0.250. The van der Waals surface area contributed by atoms with Crippen LogP contribution >= 0.6 is 0 Å². The summed E-state index contributed by atoms with van der Waals surface area (Å²) in [6, 6.07) is 1.55. The van der Waals surface area contributed by atoms with Crippen molar-refractivity contribution in [3.63, 3.8) is 0 Å². The standard InChI is InChI=1S/C13H22N4O3/c1-9(8-20-3)17(4-5-19-2)13-11(12(15)18)6-10(14)7-16-13/h6-7,9H,4-5,8,14H2,1-3H3,(H2,15,18). The van der Waals surface area contributed by atoms with Crippen molar-refractivity contribution in [2.24, 2.45) is 5.73 Å². The van der Waals surface area contributed by atoms with E-state index in [0.717, 1.165) is 0 Å². The third kappa shape index (κ3) is 4.07. The molecule has 112 valence electrons. The molecule has 0 aliphatic rings. The molecule has 0 bridgehead atoms. The minimum atomic E-state index is -0.563. The smallest absolute Gasteiger partial charge is 0.252 e. The Balaban J connectivity index is 3.14. The quantitative estimate of drug-likeness (QED) is 0.708. The van der Waals surface area contributed by atoms with E-state index >= 15 is 0 Å². The van der Waals surface area contributed by atoms with Crippen LogP contribution in [0.4, 0.5) is 11.5 Å². The van der Waals surface area contributed by atoms with Gasteiger partial charge in [-0.25, -0.2) is 4.98 Å². The third-order valence-electron chi connectivity index (χ3n) is 2.90. The van der Waals surface area contributed by atoms with Gasteiger partial charge in [0.25, 0.3) is 5.91 Å². The molecule has 0 saturated carbocycles. The first kappa shape index (κ1) is 16.2. The van der Waals surface area contributed by atoms with Crippen LogP contribution in [0.3, 0.4) is 0 Å². The van der Waals surface area contributed by atoms with Gasteiger partial charge in [-0.05, 0) is 13.0 Å². The summed E-state index contributed by atoms with van der Waals surface area (Å²) < 4.78 is 10.3. The SMILES string of the molecule is COCCN(c1ncc(N)cc1C(N)=O)C(C)COC. The number of carbonyl (C=O) groups excluding carboxylic acids is 1. The van der Waals surface area contributed by atoms with Gasteiger partial charge in [0.05, 0.1) is 36.7 Å². The number of aromatic nitrogens is 1. The molecule has 0 aliphatic carbocycles. The molecule has 0 saturated heterocycles. The Morgan fingerprint density at radius 2 is 2.15 bits per heavy atom. The molecule has 1 atom stereocenters. The predicted molar refractivity (Wildman–Crippen MR) is 77.7 cm³/mol. The van der Waals surface area contributed by atoms with Crippen LogP contribution in [0, 0.1) is 0 Å². The molecule has 1 unspecified atom stereocenters. The van der Waals surface area contributed by atoms with Crippen LogP contribution in [0.5, 0.6) is 0 Å². The Morgan fingerprint density at radius 3 is 2.70 bits per heavy atom. The van der Waals surface area contributed by atoms with Gasteiger partial charge in [0, 0.05) is 20.8 Å². The van der Waals surface area contributed by atoms with Crippen LogP contribution < -0.4 is 16.4 Å². The van der Waals surface area contributed by atoms with Crippen molar-refractivity contribution >= 4 is 17.4 Å². The Kier molecular flexibility index (Phi) is 6.20. The lowest BCUT2D eigenvalue weighted by molar-refractivity contribution is 0.1000. The van der Waals surface area contributed by atoms with Crippen molar-refractivity contribution in [3.8, 4) is 0 Å². The summed E-state index contributed by atoms with van der Waals surface area (Å²) >= 11 is 0. The Labute approximate surface area is 118 Å². The van der Waals surface area contributed by atoms with E-state index in [2.05, 4.69) is 4.98 Å². The van der Waals surface area contributed by atoms with E-state index in [1.807, 2.05) is 11.8 Å². The number of amides is 1. The largest absolute Gasteiger partial charge is 0.397 e. The number of nitrogen functional groups attached to an aromatic ring is 1. The summed E-state index contributed by atoms with van der Waals surface area (Å²) in [6.07, 6.45) is 1.50. The average molecular weight is 282 g/mol. The molecule has 1 aromatic rings. The van der Waals surface area contributed by atoms with Gasteiger partial charge in [-0.15, -0.1) is 0 Å². The highest BCUT2D eigenvalue weighted by molar-refractivity contribution is 5.98. The molecule has 1 heterocycles. The second kappa shape index (κ2) is 7.66. The van der Waals surface area contributed by atoms with E-state index in [1.54, 1.807) is 14.2 Å². The molecular weight excluding hydrogens is 260 g/mol. The molecule has 0 radical (unpaired) electrons. The monoisotopic (exact) mass is 282 g/mol. The Bertz CT molecular complexity index is 453. The van der Waals surface area contributed by atoms with E-state index in [9.17, 15) is 4.79 Å². The first-order valence-electron chi connectivity index (χ1n) is 6.31. The van der Waals surface area contributed by atoms with Crippen LogP contribution in [0.2, 0.25) is 0 Å². The third-order valence-corrected chi connectivity index (χ3v) is 2.90. The summed E-state index contributed by atoms with van der Waals surface area (Å²) in [7, 11) is 3.24. The average Bonchev–Trinajstić information content (AvgIpc) is 2.40. The molecule has 4 N–H and O–H groups in total. The lowest BCUT2D eigenvalue weighted by Gasteiger charge is -2.30. The highest BCUT2D eigenvalue weighted by atomic mass is 16.5. The van der Waals surface area contributed by atoms with Crippen molar-refractivity contribution in [3.05, 3.63) is 17.8 Å². The van der Waals surface area contributed by atoms with Crippen molar-refractivity contribution in [1.82, 2.24) is 4.98 Å². The minimum absolute atomic E-state index is 0.0179. The maximum atomic E-state index is 11.6. The molecule has 1 amide bonds. The van der Waals surface area contributed by atoms with Gasteiger partial charge in [0.2, 0.25) is 0 Å². The minimum Gasteiger partial charge on any atom is -0.397 e. The van der Waals surface area contributed by atoms with Crippen LogP contribution in [-0.2, 0) is 9.47 Å². The summed E-state index contributed by atoms with van der Waals surface area (Å²) in [5.74, 6) is -0.0693. The van der Waals surface area contributed by atoms with Crippen molar-refractivity contribution in [2.45, 2.75) is 13.0 Å². The number of nitrogens with zero attached hydrogens (tertiary/aromatic N) is 2. The zero-order valence-electron chi connectivity index (χ0n) is 12.1. The molecule has 0 aliphatic heterocycles. The summed E-state index contributed by atoms with van der Waals surface area (Å²) in [6.45, 7) is 3.53. The number of anilines is 2. The van der Waals surface area contributed by atoms with Crippen molar-refractivity contribution < 1.29 is 14.3 Å². The zero-order chi connectivity index (χ0) is 15.1. The molecule has 1 aromatic heterocycles. The van der Waals surface area contributed by atoms with E-state index in [0.29, 0.717) is 36.8 Å². The fourth-order valence-electron chi connectivity index (χ4n) is 1.94. The molecule has 7 heteroatoms. The molecule has 0 spiro atoms. The van der Waals surface area contributed by atoms with Gasteiger partial charge < -0.3 is 25.8 Å². The summed E-state index contributed by atoms with van der Waals surface area (Å²) in [5.41, 5.74) is 11.8. The topological polar surface area (TPSA) is 104 Å². The van der Waals surface area contributed by atoms with Gasteiger partial charge in [-0.2, -0.15) is 0 Å². The van der Waals surface area contributed by atoms with E-state index in [4.69, 9.17) is 20.9 Å². The highest BCUT2D eigenvalue weighted by Crippen LogP contribution is 2.21. The van der Waals surface area contributed by atoms with E-state index < -0.39 is 5.91 Å². The number of nitrogens with two attached hydrogens (primary N) is 2. The van der Waals surface area contributed by atoms with E-state index in [-0.39, 0.29) is 6.04 Å². The second-order valence-electron chi connectivity index (χ2n) is 4.49. The van der Waals surface area contributed by atoms with Gasteiger partial charge in [0.1, 0.15) is 5.82 Å². The maximum absolute atomic E-state index is 11.6. The molecule has 0 fully saturated rings. The van der Waals surface area contributed by atoms with Gasteiger partial charge in [0.15, 0.2) is 0 Å². The maximum Gasteiger partial charge on any atom is 0.252 e. The van der Waals surface area contributed by atoms with Crippen LogP contribution in [0.15, 0.2) is 12.3 Å². The molecular formula is C13H22N4O3. The van der Waals surface area contributed by atoms with Crippen molar-refractivity contribution in [1.29, 1.82) is 0 Å². The van der Waals surface area contributed by atoms with Crippen LogP contribution in [-0.4, -0.2) is 50.9 Å². The molecule has 20 heavy (non-hydrogen) atoms. The Morgan fingerprint density at radius 1 is 1.45 bits per heavy atom. The van der Waals surface area contributed by atoms with Crippen LogP contribution in [0.1, 0.15) is 17.3 Å². The number of hydrogen-bond donors (Lipinski definition) is 2. The second-order valence-corrected chi connectivity index (χ2v) is 4.49. The van der Waals surface area contributed by atoms with Gasteiger partial charge >= 0.3 is 0 Å². The van der Waals surface area contributed by atoms with Gasteiger partial charge in [-0.3, -0.25) is 4.79 Å². The number of methoxy groups -OCH3 is 2. The Hall–Kier alpha value is -1.86.